The zero-order valence-corrected chi connectivity index (χ0v) is 14.9. The third-order valence-corrected chi connectivity index (χ3v) is 4.12. The monoisotopic (exact) mass is 335 g/mol. The molecule has 0 saturated carbocycles. The van der Waals surface area contributed by atoms with Gasteiger partial charge >= 0.3 is 6.09 Å². The van der Waals surface area contributed by atoms with Crippen molar-refractivity contribution in [3.63, 3.8) is 0 Å². The van der Waals surface area contributed by atoms with E-state index in [0.29, 0.717) is 19.6 Å². The largest absolute Gasteiger partial charge is 0.444 e. The van der Waals surface area contributed by atoms with Crippen molar-refractivity contribution in [3.05, 3.63) is 30.3 Å². The second-order valence-electron chi connectivity index (χ2n) is 6.32. The number of nitrogens with zero attached hydrogens (tertiary/aromatic N) is 2. The highest BCUT2D eigenvalue weighted by Gasteiger charge is 2.24. The van der Waals surface area contributed by atoms with Crippen LogP contribution < -0.4 is 5.32 Å². The van der Waals surface area contributed by atoms with E-state index in [9.17, 15) is 4.79 Å². The standard InChI is InChI=1S/C17H25N3O2S/c1-17(2,3)22-16(21)20-11-9-18-15(13-20)19-10-12-23-14-7-5-4-6-8-14/h4-8H,9-13H2,1-3H3,(H,18,19). The molecule has 126 valence electrons. The molecule has 0 bridgehead atoms. The minimum absolute atomic E-state index is 0.273. The zero-order chi connectivity index (χ0) is 16.7. The number of aliphatic imine (C=N–C) groups is 1. The van der Waals surface area contributed by atoms with E-state index >= 15 is 0 Å². The quantitative estimate of drug-likeness (QED) is 0.679. The van der Waals surface area contributed by atoms with Crippen molar-refractivity contribution in [2.45, 2.75) is 31.3 Å². The van der Waals surface area contributed by atoms with Crippen LogP contribution in [0.3, 0.4) is 0 Å². The summed E-state index contributed by atoms with van der Waals surface area (Å²) < 4.78 is 5.41. The van der Waals surface area contributed by atoms with E-state index in [2.05, 4.69) is 22.4 Å². The molecular formula is C17H25N3O2S. The predicted octanol–water partition coefficient (Wildman–Crippen LogP) is 3.02. The Morgan fingerprint density at radius 3 is 2.78 bits per heavy atom. The summed E-state index contributed by atoms with van der Waals surface area (Å²) >= 11 is 1.80. The number of carbonyl (C=O) groups is 1. The number of amidine groups is 1. The first-order chi connectivity index (χ1) is 10.9. The summed E-state index contributed by atoms with van der Waals surface area (Å²) in [6.07, 6.45) is -0.273. The Labute approximate surface area is 142 Å². The van der Waals surface area contributed by atoms with Gasteiger partial charge in [0.05, 0.1) is 13.1 Å². The van der Waals surface area contributed by atoms with Crippen LogP contribution in [-0.4, -0.2) is 54.4 Å². The highest BCUT2D eigenvalue weighted by molar-refractivity contribution is 7.99. The van der Waals surface area contributed by atoms with Crippen molar-refractivity contribution < 1.29 is 9.53 Å². The van der Waals surface area contributed by atoms with Crippen molar-refractivity contribution >= 4 is 23.7 Å². The van der Waals surface area contributed by atoms with Crippen molar-refractivity contribution in [2.75, 3.05) is 31.9 Å². The topological polar surface area (TPSA) is 53.9 Å². The van der Waals surface area contributed by atoms with Gasteiger partial charge in [0.1, 0.15) is 11.4 Å². The Kier molecular flexibility index (Phi) is 6.33. The van der Waals surface area contributed by atoms with Crippen LogP contribution in [0.4, 0.5) is 4.79 Å². The maximum atomic E-state index is 12.1. The van der Waals surface area contributed by atoms with E-state index in [1.165, 1.54) is 4.90 Å². The van der Waals surface area contributed by atoms with Crippen LogP contribution in [0.25, 0.3) is 0 Å². The fourth-order valence-corrected chi connectivity index (χ4v) is 2.88. The third-order valence-electron chi connectivity index (χ3n) is 3.11. The maximum absolute atomic E-state index is 12.1. The lowest BCUT2D eigenvalue weighted by Crippen LogP contribution is -2.47. The van der Waals surface area contributed by atoms with Gasteiger partial charge < -0.3 is 10.1 Å². The van der Waals surface area contributed by atoms with Crippen LogP contribution in [0.1, 0.15) is 20.8 Å². The van der Waals surface area contributed by atoms with Crippen molar-refractivity contribution in [1.82, 2.24) is 10.2 Å². The van der Waals surface area contributed by atoms with Crippen molar-refractivity contribution in [3.8, 4) is 0 Å². The Morgan fingerprint density at radius 2 is 2.09 bits per heavy atom. The fourth-order valence-electron chi connectivity index (χ4n) is 2.09. The Morgan fingerprint density at radius 1 is 1.35 bits per heavy atom. The summed E-state index contributed by atoms with van der Waals surface area (Å²) in [5.74, 6) is 1.81. The smallest absolute Gasteiger partial charge is 0.410 e. The van der Waals surface area contributed by atoms with E-state index in [0.717, 1.165) is 18.1 Å². The van der Waals surface area contributed by atoms with E-state index in [-0.39, 0.29) is 6.09 Å². The number of thioether (sulfide) groups is 1. The summed E-state index contributed by atoms with van der Waals surface area (Å²) in [5.41, 5.74) is -0.467. The number of hydrogen-bond donors (Lipinski definition) is 1. The van der Waals surface area contributed by atoms with Gasteiger partial charge in [-0.15, -0.1) is 11.8 Å². The van der Waals surface area contributed by atoms with Gasteiger partial charge in [0, 0.05) is 23.7 Å². The second-order valence-corrected chi connectivity index (χ2v) is 7.49. The molecule has 1 aliphatic rings. The molecule has 0 spiro atoms. The van der Waals surface area contributed by atoms with Gasteiger partial charge in [-0.25, -0.2) is 4.79 Å². The van der Waals surface area contributed by atoms with Gasteiger partial charge in [-0.3, -0.25) is 9.89 Å². The molecule has 1 N–H and O–H groups in total. The van der Waals surface area contributed by atoms with Crippen LogP contribution in [0, 0.1) is 0 Å². The highest BCUT2D eigenvalue weighted by Crippen LogP contribution is 2.16. The molecule has 0 atom stereocenters. The number of hydrogen-bond acceptors (Lipinski definition) is 5. The lowest BCUT2D eigenvalue weighted by Gasteiger charge is -2.29. The molecule has 6 heteroatoms. The Hall–Kier alpha value is -1.69. The first-order valence-electron chi connectivity index (χ1n) is 7.87. The molecule has 5 nitrogen and oxygen atoms in total. The molecule has 1 amide bonds. The fraction of sp³-hybridized carbons (Fsp3) is 0.529. The van der Waals surface area contributed by atoms with Crippen LogP contribution in [0.15, 0.2) is 40.2 Å². The number of nitrogens with one attached hydrogen (secondary N) is 1. The Balaban J connectivity index is 1.72. The molecule has 0 saturated heterocycles. The Bertz CT molecular complexity index is 541. The molecule has 0 fully saturated rings. The zero-order valence-electron chi connectivity index (χ0n) is 14.0. The molecule has 1 aromatic rings. The molecule has 0 radical (unpaired) electrons. The molecule has 0 aromatic heterocycles. The molecule has 1 aromatic carbocycles. The van der Waals surface area contributed by atoms with Crippen LogP contribution in [0.5, 0.6) is 0 Å². The molecule has 2 rings (SSSR count). The van der Waals surface area contributed by atoms with E-state index in [1.54, 1.807) is 16.7 Å². The predicted molar refractivity (Wildman–Crippen MR) is 95.3 cm³/mol. The van der Waals surface area contributed by atoms with Gasteiger partial charge in [0.2, 0.25) is 0 Å². The van der Waals surface area contributed by atoms with Crippen molar-refractivity contribution in [1.29, 1.82) is 0 Å². The van der Waals surface area contributed by atoms with E-state index in [4.69, 9.17) is 4.74 Å². The van der Waals surface area contributed by atoms with Gasteiger partial charge in [-0.05, 0) is 32.9 Å². The molecule has 0 unspecified atom stereocenters. The van der Waals surface area contributed by atoms with Gasteiger partial charge in [-0.1, -0.05) is 18.2 Å². The highest BCUT2D eigenvalue weighted by atomic mass is 32.2. The number of amides is 1. The lowest BCUT2D eigenvalue weighted by atomic mass is 10.2. The molecule has 23 heavy (non-hydrogen) atoms. The molecule has 0 aliphatic carbocycles. The van der Waals surface area contributed by atoms with Crippen LogP contribution in [-0.2, 0) is 4.74 Å². The SMILES string of the molecule is CC(C)(C)OC(=O)N1CCN=C(NCCSc2ccccc2)C1. The van der Waals surface area contributed by atoms with E-state index in [1.807, 2.05) is 39.0 Å². The average Bonchev–Trinajstić information content (AvgIpc) is 2.51. The number of rotatable bonds is 4. The normalized spacial score (nSPS) is 15.1. The van der Waals surface area contributed by atoms with Crippen LogP contribution >= 0.6 is 11.8 Å². The molecule has 1 aliphatic heterocycles. The third kappa shape index (κ3) is 6.52. The first-order valence-corrected chi connectivity index (χ1v) is 8.85. The minimum atomic E-state index is -0.467. The lowest BCUT2D eigenvalue weighted by molar-refractivity contribution is 0.0276. The summed E-state index contributed by atoms with van der Waals surface area (Å²) in [5, 5.41) is 3.32. The minimum Gasteiger partial charge on any atom is -0.444 e. The second kappa shape index (κ2) is 8.24. The number of benzene rings is 1. The average molecular weight is 335 g/mol. The van der Waals surface area contributed by atoms with Gasteiger partial charge in [0.15, 0.2) is 0 Å². The molecular weight excluding hydrogens is 310 g/mol. The summed E-state index contributed by atoms with van der Waals surface area (Å²) in [4.78, 5) is 19.5. The summed E-state index contributed by atoms with van der Waals surface area (Å²) in [6.45, 7) is 8.17. The maximum Gasteiger partial charge on any atom is 0.410 e. The van der Waals surface area contributed by atoms with E-state index < -0.39 is 5.60 Å². The van der Waals surface area contributed by atoms with Gasteiger partial charge in [0.25, 0.3) is 0 Å². The van der Waals surface area contributed by atoms with Gasteiger partial charge in [-0.2, -0.15) is 0 Å². The van der Waals surface area contributed by atoms with Crippen LogP contribution in [0.2, 0.25) is 0 Å². The first kappa shape index (κ1) is 17.7. The number of ether oxygens (including phenoxy) is 1. The summed E-state index contributed by atoms with van der Waals surface area (Å²) in [6, 6.07) is 10.3. The summed E-state index contributed by atoms with van der Waals surface area (Å²) in [7, 11) is 0. The number of carbonyl (C=O) groups excluding carboxylic acids is 1. The van der Waals surface area contributed by atoms with Crippen molar-refractivity contribution in [2.24, 2.45) is 4.99 Å². The molecule has 1 heterocycles.